The number of nitrogens with zero attached hydrogens (tertiary/aromatic N) is 3. The van der Waals surface area contributed by atoms with Crippen molar-refractivity contribution in [3.63, 3.8) is 0 Å². The summed E-state index contributed by atoms with van der Waals surface area (Å²) in [6, 6.07) is 24.1. The third-order valence-corrected chi connectivity index (χ3v) is 6.53. The van der Waals surface area contributed by atoms with Gasteiger partial charge in [0.05, 0.1) is 34.4 Å². The summed E-state index contributed by atoms with van der Waals surface area (Å²) in [4.78, 5) is 18.4. The van der Waals surface area contributed by atoms with E-state index in [0.29, 0.717) is 11.5 Å². The molecule has 1 N–H and O–H groups in total. The highest BCUT2D eigenvalue weighted by Crippen LogP contribution is 2.29. The number of anilines is 1. The molecular weight excluding hydrogens is 444 g/mol. The van der Waals surface area contributed by atoms with Gasteiger partial charge in [-0.2, -0.15) is 5.10 Å². The predicted molar refractivity (Wildman–Crippen MR) is 147 cm³/mol. The van der Waals surface area contributed by atoms with E-state index in [9.17, 15) is 4.79 Å². The Kier molecular flexibility index (Phi) is 6.15. The van der Waals surface area contributed by atoms with Crippen molar-refractivity contribution in [1.82, 2.24) is 14.8 Å². The second-order valence-electron chi connectivity index (χ2n) is 9.70. The first kappa shape index (κ1) is 23.5. The van der Waals surface area contributed by atoms with Gasteiger partial charge >= 0.3 is 0 Å². The number of aromatic nitrogens is 3. The summed E-state index contributed by atoms with van der Waals surface area (Å²) in [7, 11) is 0. The van der Waals surface area contributed by atoms with Crippen molar-refractivity contribution in [2.45, 2.75) is 40.5 Å². The van der Waals surface area contributed by atoms with Gasteiger partial charge in [0.25, 0.3) is 5.91 Å². The lowest BCUT2D eigenvalue weighted by Gasteiger charge is -2.12. The quantitative estimate of drug-likeness (QED) is 0.289. The maximum Gasteiger partial charge on any atom is 0.256 e. The first-order chi connectivity index (χ1) is 17.3. The normalized spacial score (nSPS) is 11.3. The Morgan fingerprint density at radius 3 is 2.28 bits per heavy atom. The Balaban J connectivity index is 1.56. The molecule has 180 valence electrons. The molecule has 0 aliphatic carbocycles. The molecule has 0 fully saturated rings. The second-order valence-corrected chi connectivity index (χ2v) is 9.70. The van der Waals surface area contributed by atoms with Crippen molar-refractivity contribution in [3.05, 3.63) is 107 Å². The highest BCUT2D eigenvalue weighted by Gasteiger charge is 2.18. The number of hydrogen-bond acceptors (Lipinski definition) is 3. The van der Waals surface area contributed by atoms with Crippen LogP contribution in [0.15, 0.2) is 79.0 Å². The van der Waals surface area contributed by atoms with E-state index in [1.165, 1.54) is 5.56 Å². The molecule has 0 aliphatic rings. The molecule has 1 amide bonds. The Hall–Kier alpha value is -4.25. The van der Waals surface area contributed by atoms with Gasteiger partial charge in [-0.15, -0.1) is 0 Å². The van der Waals surface area contributed by atoms with Crippen molar-refractivity contribution < 1.29 is 4.79 Å². The first-order valence-corrected chi connectivity index (χ1v) is 12.2. The summed E-state index contributed by atoms with van der Waals surface area (Å²) in [5.74, 6) is 0.317. The average molecular weight is 475 g/mol. The SMILES string of the molecule is Cc1cc(C)cc(NC(=O)c2cc(-c3cnn(-c4ccc(C(C)C)cc4)c3C)nc3ccccc23)c1. The monoisotopic (exact) mass is 474 g/mol. The number of aryl methyl sites for hydroxylation is 2. The second kappa shape index (κ2) is 9.42. The van der Waals surface area contributed by atoms with Gasteiger partial charge in [0.15, 0.2) is 0 Å². The zero-order valence-electron chi connectivity index (χ0n) is 21.3. The van der Waals surface area contributed by atoms with Crippen molar-refractivity contribution in [1.29, 1.82) is 0 Å². The van der Waals surface area contributed by atoms with E-state index < -0.39 is 0 Å². The summed E-state index contributed by atoms with van der Waals surface area (Å²) in [6.45, 7) is 10.5. The van der Waals surface area contributed by atoms with Crippen LogP contribution in [0.4, 0.5) is 5.69 Å². The minimum absolute atomic E-state index is 0.158. The molecule has 2 aromatic heterocycles. The molecule has 0 radical (unpaired) electrons. The topological polar surface area (TPSA) is 59.8 Å². The number of pyridine rings is 1. The lowest BCUT2D eigenvalue weighted by atomic mass is 10.0. The van der Waals surface area contributed by atoms with Gasteiger partial charge < -0.3 is 5.32 Å². The lowest BCUT2D eigenvalue weighted by molar-refractivity contribution is 0.102. The number of benzene rings is 3. The molecular formula is C31H30N4O. The Morgan fingerprint density at radius 2 is 1.58 bits per heavy atom. The number of carbonyl (C=O) groups excluding carboxylic acids is 1. The molecule has 5 aromatic rings. The number of hydrogen-bond donors (Lipinski definition) is 1. The fraction of sp³-hybridized carbons (Fsp3) is 0.194. The van der Waals surface area contributed by atoms with Gasteiger partial charge in [-0.05, 0) is 79.8 Å². The molecule has 0 saturated heterocycles. The molecule has 0 bridgehead atoms. The molecule has 0 atom stereocenters. The van der Waals surface area contributed by atoms with Crippen LogP contribution in [-0.2, 0) is 0 Å². The third-order valence-electron chi connectivity index (χ3n) is 6.53. The van der Waals surface area contributed by atoms with Gasteiger partial charge in [0.1, 0.15) is 0 Å². The molecule has 36 heavy (non-hydrogen) atoms. The van der Waals surface area contributed by atoms with Crippen LogP contribution in [0.25, 0.3) is 27.8 Å². The highest BCUT2D eigenvalue weighted by molar-refractivity contribution is 6.13. The molecule has 2 heterocycles. The number of rotatable bonds is 5. The summed E-state index contributed by atoms with van der Waals surface area (Å²) in [6.07, 6.45) is 1.83. The predicted octanol–water partition coefficient (Wildman–Crippen LogP) is 7.39. The van der Waals surface area contributed by atoms with Gasteiger partial charge in [0.2, 0.25) is 0 Å². The standard InChI is InChI=1S/C31H30N4O/c1-19(2)23-10-12-25(13-11-23)35-22(5)28(18-32-35)30-17-27(26-8-6-7-9-29(26)34-30)31(36)33-24-15-20(3)14-21(4)16-24/h6-19H,1-5H3,(H,33,36). The minimum Gasteiger partial charge on any atom is -0.322 e. The molecule has 5 heteroatoms. The van der Waals surface area contributed by atoms with E-state index in [-0.39, 0.29) is 5.91 Å². The van der Waals surface area contributed by atoms with E-state index in [1.807, 2.05) is 74.1 Å². The summed E-state index contributed by atoms with van der Waals surface area (Å²) < 4.78 is 1.92. The Morgan fingerprint density at radius 1 is 0.889 bits per heavy atom. The van der Waals surface area contributed by atoms with E-state index in [4.69, 9.17) is 4.98 Å². The zero-order chi connectivity index (χ0) is 25.4. The average Bonchev–Trinajstić information content (AvgIpc) is 3.23. The van der Waals surface area contributed by atoms with Crippen LogP contribution in [0, 0.1) is 20.8 Å². The van der Waals surface area contributed by atoms with Gasteiger partial charge in [-0.3, -0.25) is 4.79 Å². The zero-order valence-corrected chi connectivity index (χ0v) is 21.3. The van der Waals surface area contributed by atoms with Crippen LogP contribution in [0.2, 0.25) is 0 Å². The van der Waals surface area contributed by atoms with Gasteiger partial charge in [0, 0.05) is 16.6 Å². The lowest BCUT2D eigenvalue weighted by Crippen LogP contribution is -2.13. The fourth-order valence-electron chi connectivity index (χ4n) is 4.67. The molecule has 3 aromatic carbocycles. The van der Waals surface area contributed by atoms with E-state index in [1.54, 1.807) is 0 Å². The van der Waals surface area contributed by atoms with Crippen LogP contribution in [0.5, 0.6) is 0 Å². The summed E-state index contributed by atoms with van der Waals surface area (Å²) >= 11 is 0. The smallest absolute Gasteiger partial charge is 0.256 e. The number of carbonyl (C=O) groups is 1. The van der Waals surface area contributed by atoms with Gasteiger partial charge in [-0.1, -0.05) is 50.2 Å². The molecule has 0 aliphatic heterocycles. The highest BCUT2D eigenvalue weighted by atomic mass is 16.1. The van der Waals surface area contributed by atoms with Crippen LogP contribution < -0.4 is 5.32 Å². The van der Waals surface area contributed by atoms with E-state index >= 15 is 0 Å². The molecule has 5 rings (SSSR count). The third kappa shape index (κ3) is 4.52. The largest absolute Gasteiger partial charge is 0.322 e. The number of nitrogens with one attached hydrogen (secondary N) is 1. The molecule has 0 spiro atoms. The van der Waals surface area contributed by atoms with Crippen LogP contribution >= 0.6 is 0 Å². The maximum atomic E-state index is 13.5. The van der Waals surface area contributed by atoms with Crippen LogP contribution in [0.1, 0.15) is 52.5 Å². The minimum atomic E-state index is -0.158. The Bertz CT molecular complexity index is 1560. The van der Waals surface area contributed by atoms with Crippen molar-refractivity contribution in [3.8, 4) is 16.9 Å². The van der Waals surface area contributed by atoms with Crippen LogP contribution in [-0.4, -0.2) is 20.7 Å². The van der Waals surface area contributed by atoms with Crippen molar-refractivity contribution >= 4 is 22.5 Å². The molecule has 5 nitrogen and oxygen atoms in total. The number of para-hydroxylation sites is 1. The Labute approximate surface area is 211 Å². The summed E-state index contributed by atoms with van der Waals surface area (Å²) in [5, 5.41) is 8.55. The maximum absolute atomic E-state index is 13.5. The molecule has 0 saturated carbocycles. The summed E-state index contributed by atoms with van der Waals surface area (Å²) in [5.41, 5.74) is 9.24. The van der Waals surface area contributed by atoms with Crippen LogP contribution in [0.3, 0.4) is 0 Å². The van der Waals surface area contributed by atoms with Crippen molar-refractivity contribution in [2.24, 2.45) is 0 Å². The molecule has 0 unspecified atom stereocenters. The first-order valence-electron chi connectivity index (χ1n) is 12.2. The van der Waals surface area contributed by atoms with Gasteiger partial charge in [-0.25, -0.2) is 9.67 Å². The number of fused-ring (bicyclic) bond motifs is 1. The van der Waals surface area contributed by atoms with E-state index in [0.717, 1.165) is 50.4 Å². The van der Waals surface area contributed by atoms with Crippen molar-refractivity contribution in [2.75, 3.05) is 5.32 Å². The van der Waals surface area contributed by atoms with E-state index in [2.05, 4.69) is 54.6 Å². The fourth-order valence-corrected chi connectivity index (χ4v) is 4.67. The number of amides is 1.